The lowest BCUT2D eigenvalue weighted by molar-refractivity contribution is 0.0695. The predicted octanol–water partition coefficient (Wildman–Crippen LogP) is 5.33. The Morgan fingerprint density at radius 3 is 2.37 bits per heavy atom. The molecule has 30 heavy (non-hydrogen) atoms. The minimum absolute atomic E-state index is 0.157. The summed E-state index contributed by atoms with van der Waals surface area (Å²) < 4.78 is 1.63. The van der Waals surface area contributed by atoms with Crippen LogP contribution in [0, 0.1) is 13.8 Å². The zero-order valence-electron chi connectivity index (χ0n) is 16.6. The second-order valence-corrected chi connectivity index (χ2v) is 8.02. The standard InChI is InChI=1S/C24H20N2O3S/c1-15-12-20-21(13-16(15)2)26(22(27)17-8-4-3-5-9-17)24(25-20)30-14-18-10-6-7-11-19(18)23(28)29/h3-13H,14H2,1-2H3,(H,28,29). The van der Waals surface area contributed by atoms with Crippen molar-refractivity contribution in [3.05, 3.63) is 94.5 Å². The zero-order valence-corrected chi connectivity index (χ0v) is 17.4. The molecular formula is C24H20N2O3S. The molecule has 0 radical (unpaired) electrons. The van der Waals surface area contributed by atoms with E-state index in [9.17, 15) is 14.7 Å². The van der Waals surface area contributed by atoms with E-state index in [0.717, 1.165) is 22.2 Å². The highest BCUT2D eigenvalue weighted by Gasteiger charge is 2.20. The summed E-state index contributed by atoms with van der Waals surface area (Å²) in [5.41, 5.74) is 5.20. The van der Waals surface area contributed by atoms with Gasteiger partial charge in [-0.05, 0) is 60.9 Å². The van der Waals surface area contributed by atoms with Crippen LogP contribution in [-0.2, 0) is 5.75 Å². The lowest BCUT2D eigenvalue weighted by Gasteiger charge is -2.09. The summed E-state index contributed by atoms with van der Waals surface area (Å²) in [4.78, 5) is 29.6. The molecule has 1 aromatic heterocycles. The van der Waals surface area contributed by atoms with Crippen LogP contribution >= 0.6 is 11.8 Å². The second kappa shape index (κ2) is 8.16. The molecule has 1 heterocycles. The van der Waals surface area contributed by atoms with Crippen molar-refractivity contribution in [2.75, 3.05) is 0 Å². The van der Waals surface area contributed by atoms with E-state index in [0.29, 0.717) is 22.0 Å². The van der Waals surface area contributed by atoms with Crippen molar-refractivity contribution in [1.29, 1.82) is 0 Å². The third-order valence-electron chi connectivity index (χ3n) is 5.07. The maximum absolute atomic E-state index is 13.3. The number of hydrogen-bond donors (Lipinski definition) is 1. The summed E-state index contributed by atoms with van der Waals surface area (Å²) >= 11 is 1.36. The highest BCUT2D eigenvalue weighted by atomic mass is 32.2. The lowest BCUT2D eigenvalue weighted by atomic mass is 10.1. The van der Waals surface area contributed by atoms with Crippen molar-refractivity contribution in [2.45, 2.75) is 24.8 Å². The number of nitrogens with zero attached hydrogens (tertiary/aromatic N) is 2. The van der Waals surface area contributed by atoms with Gasteiger partial charge in [0.05, 0.1) is 16.6 Å². The van der Waals surface area contributed by atoms with Crippen LogP contribution in [0.15, 0.2) is 71.9 Å². The zero-order chi connectivity index (χ0) is 21.3. The van der Waals surface area contributed by atoms with Gasteiger partial charge in [0, 0.05) is 11.3 Å². The van der Waals surface area contributed by atoms with E-state index < -0.39 is 5.97 Å². The van der Waals surface area contributed by atoms with Gasteiger partial charge in [-0.25, -0.2) is 9.78 Å². The van der Waals surface area contributed by atoms with E-state index in [2.05, 4.69) is 0 Å². The molecule has 0 fully saturated rings. The van der Waals surface area contributed by atoms with Crippen LogP contribution in [0.2, 0.25) is 0 Å². The van der Waals surface area contributed by atoms with Crippen molar-refractivity contribution in [3.63, 3.8) is 0 Å². The van der Waals surface area contributed by atoms with Gasteiger partial charge in [-0.15, -0.1) is 0 Å². The van der Waals surface area contributed by atoms with Crippen molar-refractivity contribution in [3.8, 4) is 0 Å². The Kier molecular flexibility index (Phi) is 5.42. The maximum Gasteiger partial charge on any atom is 0.335 e. The summed E-state index contributed by atoms with van der Waals surface area (Å²) in [6.45, 7) is 4.03. The number of aromatic carboxylic acids is 1. The molecule has 0 atom stereocenters. The van der Waals surface area contributed by atoms with Crippen LogP contribution in [0.1, 0.15) is 37.4 Å². The number of hydrogen-bond acceptors (Lipinski definition) is 4. The highest BCUT2D eigenvalue weighted by Crippen LogP contribution is 2.30. The maximum atomic E-state index is 13.3. The Hall–Kier alpha value is -3.38. The van der Waals surface area contributed by atoms with Gasteiger partial charge in [0.1, 0.15) is 0 Å². The minimum atomic E-state index is -0.966. The number of thioether (sulfide) groups is 1. The first kappa shape index (κ1) is 19.9. The molecule has 0 saturated heterocycles. The van der Waals surface area contributed by atoms with Crippen molar-refractivity contribution in [1.82, 2.24) is 9.55 Å². The molecule has 0 spiro atoms. The third-order valence-corrected chi connectivity index (χ3v) is 6.05. The molecule has 150 valence electrons. The molecular weight excluding hydrogens is 396 g/mol. The molecule has 0 unspecified atom stereocenters. The third kappa shape index (κ3) is 3.74. The molecule has 1 N–H and O–H groups in total. The first-order valence-corrected chi connectivity index (χ1v) is 10.5. The Morgan fingerprint density at radius 1 is 0.967 bits per heavy atom. The van der Waals surface area contributed by atoms with Crippen LogP contribution in [0.4, 0.5) is 0 Å². The molecule has 4 aromatic rings. The van der Waals surface area contributed by atoms with Crippen LogP contribution in [0.5, 0.6) is 0 Å². The number of imidazole rings is 1. The first-order chi connectivity index (χ1) is 14.5. The lowest BCUT2D eigenvalue weighted by Crippen LogP contribution is -2.13. The van der Waals surface area contributed by atoms with E-state index in [1.54, 1.807) is 34.9 Å². The number of rotatable bonds is 5. The molecule has 4 rings (SSSR count). The van der Waals surface area contributed by atoms with Crippen molar-refractivity contribution < 1.29 is 14.7 Å². The Bertz CT molecular complexity index is 1260. The second-order valence-electron chi connectivity index (χ2n) is 7.08. The first-order valence-electron chi connectivity index (χ1n) is 9.49. The van der Waals surface area contributed by atoms with Gasteiger partial charge >= 0.3 is 5.97 Å². The summed E-state index contributed by atoms with van der Waals surface area (Å²) in [5, 5.41) is 9.99. The number of benzene rings is 3. The van der Waals surface area contributed by atoms with Crippen LogP contribution in [0.3, 0.4) is 0 Å². The van der Waals surface area contributed by atoms with Crippen molar-refractivity contribution >= 4 is 34.7 Å². The van der Waals surface area contributed by atoms with E-state index in [1.165, 1.54) is 11.8 Å². The number of fused-ring (bicyclic) bond motifs is 1. The van der Waals surface area contributed by atoms with Gasteiger partial charge in [-0.3, -0.25) is 9.36 Å². The summed E-state index contributed by atoms with van der Waals surface area (Å²) in [6, 6.07) is 19.9. The summed E-state index contributed by atoms with van der Waals surface area (Å²) in [5.74, 6) is -0.729. The predicted molar refractivity (Wildman–Crippen MR) is 118 cm³/mol. The van der Waals surface area contributed by atoms with Gasteiger partial charge in [0.15, 0.2) is 5.16 Å². The molecule has 0 amide bonds. The number of carbonyl (C=O) groups excluding carboxylic acids is 1. The molecule has 3 aromatic carbocycles. The average molecular weight is 417 g/mol. The molecule has 0 saturated carbocycles. The number of aryl methyl sites for hydroxylation is 2. The Balaban J connectivity index is 1.79. The van der Waals surface area contributed by atoms with Crippen LogP contribution < -0.4 is 0 Å². The quantitative estimate of drug-likeness (QED) is 0.445. The molecule has 0 aliphatic carbocycles. The van der Waals surface area contributed by atoms with Crippen LogP contribution in [0.25, 0.3) is 11.0 Å². The number of carbonyl (C=O) groups is 2. The fraction of sp³-hybridized carbons (Fsp3) is 0.125. The van der Waals surface area contributed by atoms with Crippen molar-refractivity contribution in [2.24, 2.45) is 0 Å². The molecule has 0 aliphatic rings. The van der Waals surface area contributed by atoms with E-state index in [-0.39, 0.29) is 11.5 Å². The largest absolute Gasteiger partial charge is 0.478 e. The summed E-state index contributed by atoms with van der Waals surface area (Å²) in [6.07, 6.45) is 0. The topological polar surface area (TPSA) is 72.2 Å². The Morgan fingerprint density at radius 2 is 1.63 bits per heavy atom. The van der Waals surface area contributed by atoms with Gasteiger partial charge in [0.2, 0.25) is 0 Å². The van der Waals surface area contributed by atoms with Gasteiger partial charge in [-0.1, -0.05) is 48.2 Å². The van der Waals surface area contributed by atoms with Gasteiger partial charge < -0.3 is 5.11 Å². The fourth-order valence-electron chi connectivity index (χ4n) is 3.31. The van der Waals surface area contributed by atoms with E-state index >= 15 is 0 Å². The molecule has 5 nitrogen and oxygen atoms in total. The number of carboxylic acids is 1. The summed E-state index contributed by atoms with van der Waals surface area (Å²) in [7, 11) is 0. The monoisotopic (exact) mass is 416 g/mol. The number of carboxylic acid groups (broad SMARTS) is 1. The number of aromatic nitrogens is 2. The smallest absolute Gasteiger partial charge is 0.335 e. The van der Waals surface area contributed by atoms with E-state index in [4.69, 9.17) is 4.98 Å². The van der Waals surface area contributed by atoms with Gasteiger partial charge in [-0.2, -0.15) is 0 Å². The van der Waals surface area contributed by atoms with E-state index in [1.807, 2.05) is 50.2 Å². The molecule has 0 aliphatic heterocycles. The minimum Gasteiger partial charge on any atom is -0.478 e. The average Bonchev–Trinajstić information content (AvgIpc) is 3.09. The SMILES string of the molecule is Cc1cc2nc(SCc3ccccc3C(=O)O)n(C(=O)c3ccccc3)c2cc1C. The fourth-order valence-corrected chi connectivity index (χ4v) is 4.32. The normalized spacial score (nSPS) is 11.0. The van der Waals surface area contributed by atoms with Crippen LogP contribution in [-0.4, -0.2) is 26.5 Å². The Labute approximate surface area is 178 Å². The van der Waals surface area contributed by atoms with Gasteiger partial charge in [0.25, 0.3) is 5.91 Å². The molecule has 6 heteroatoms. The molecule has 0 bridgehead atoms. The highest BCUT2D eigenvalue weighted by molar-refractivity contribution is 7.98.